The van der Waals surface area contributed by atoms with Gasteiger partial charge in [-0.25, -0.2) is 4.39 Å². The summed E-state index contributed by atoms with van der Waals surface area (Å²) >= 11 is 0. The third-order valence-corrected chi connectivity index (χ3v) is 6.01. The lowest BCUT2D eigenvalue weighted by Gasteiger charge is -2.35. The number of piperidine rings is 1. The first kappa shape index (κ1) is 20.0. The molecule has 1 fully saturated rings. The molecule has 2 heterocycles. The van der Waals surface area contributed by atoms with Crippen LogP contribution in [0, 0.1) is 11.7 Å². The number of hydrogen-bond acceptors (Lipinski definition) is 3. The van der Waals surface area contributed by atoms with E-state index in [2.05, 4.69) is 46.1 Å². The van der Waals surface area contributed by atoms with Crippen LogP contribution in [0.2, 0.25) is 0 Å². The molecule has 0 spiro atoms. The van der Waals surface area contributed by atoms with Crippen LogP contribution in [-0.4, -0.2) is 48.0 Å². The zero-order valence-corrected chi connectivity index (χ0v) is 17.2. The van der Waals surface area contributed by atoms with E-state index in [1.807, 2.05) is 24.5 Å². The van der Waals surface area contributed by atoms with E-state index in [4.69, 9.17) is 0 Å². The minimum absolute atomic E-state index is 0.155. The molecule has 0 saturated carbocycles. The fourth-order valence-corrected chi connectivity index (χ4v) is 4.57. The van der Waals surface area contributed by atoms with Gasteiger partial charge in [-0.3, -0.25) is 4.98 Å². The van der Waals surface area contributed by atoms with Gasteiger partial charge in [-0.2, -0.15) is 0 Å². The first-order valence-electron chi connectivity index (χ1n) is 10.6. The Balaban J connectivity index is 1.30. The minimum atomic E-state index is -0.155. The van der Waals surface area contributed by atoms with Crippen LogP contribution in [-0.2, 0) is 13.0 Å². The van der Waals surface area contributed by atoms with Crippen molar-refractivity contribution in [2.45, 2.75) is 25.8 Å². The van der Waals surface area contributed by atoms with Crippen molar-refractivity contribution in [2.24, 2.45) is 5.92 Å². The summed E-state index contributed by atoms with van der Waals surface area (Å²) in [6.07, 6.45) is 7.39. The SMILES string of the molecule is CN(Cc1cccc2cnccc12)CC1CCCN(CCc2ccc(F)cc2)C1. The average Bonchev–Trinajstić information content (AvgIpc) is 2.74. The maximum atomic E-state index is 13.1. The number of halogens is 1. The molecule has 1 aromatic heterocycles. The van der Waals surface area contributed by atoms with Crippen LogP contribution in [0.3, 0.4) is 0 Å². The van der Waals surface area contributed by atoms with Crippen LogP contribution < -0.4 is 0 Å². The number of nitrogens with zero attached hydrogens (tertiary/aromatic N) is 3. The Morgan fingerprint density at radius 3 is 2.86 bits per heavy atom. The van der Waals surface area contributed by atoms with Crippen LogP contribution in [0.4, 0.5) is 4.39 Å². The van der Waals surface area contributed by atoms with Crippen molar-refractivity contribution < 1.29 is 4.39 Å². The fraction of sp³-hybridized carbons (Fsp3) is 0.400. The average molecular weight is 392 g/mol. The second-order valence-electron chi connectivity index (χ2n) is 8.40. The lowest BCUT2D eigenvalue weighted by molar-refractivity contribution is 0.142. The molecule has 4 heteroatoms. The molecule has 1 atom stereocenters. The molecule has 2 aromatic carbocycles. The van der Waals surface area contributed by atoms with Crippen LogP contribution in [0.5, 0.6) is 0 Å². The van der Waals surface area contributed by atoms with Gasteiger partial charge in [0.15, 0.2) is 0 Å². The van der Waals surface area contributed by atoms with Gasteiger partial charge in [0.1, 0.15) is 5.82 Å². The number of likely N-dealkylation sites (tertiary alicyclic amines) is 1. The molecular weight excluding hydrogens is 361 g/mol. The highest BCUT2D eigenvalue weighted by Gasteiger charge is 2.21. The summed E-state index contributed by atoms with van der Waals surface area (Å²) in [6, 6.07) is 15.6. The molecule has 0 N–H and O–H groups in total. The lowest BCUT2D eigenvalue weighted by atomic mass is 9.96. The van der Waals surface area contributed by atoms with Gasteiger partial charge in [0.25, 0.3) is 0 Å². The third-order valence-electron chi connectivity index (χ3n) is 6.01. The fourth-order valence-electron chi connectivity index (χ4n) is 4.57. The Labute approximate surface area is 173 Å². The number of fused-ring (bicyclic) bond motifs is 1. The standard InChI is InChI=1S/C25H30FN3/c1-28(19-23-6-2-5-22-16-27-13-11-25(22)23)17-21-4-3-14-29(18-21)15-12-20-7-9-24(26)10-8-20/h2,5-11,13,16,21H,3-4,12,14-15,17-19H2,1H3. The van der Waals surface area contributed by atoms with Gasteiger partial charge in [-0.15, -0.1) is 0 Å². The lowest BCUT2D eigenvalue weighted by Crippen LogP contribution is -2.40. The van der Waals surface area contributed by atoms with E-state index in [1.54, 1.807) is 12.1 Å². The van der Waals surface area contributed by atoms with E-state index >= 15 is 0 Å². The summed E-state index contributed by atoms with van der Waals surface area (Å²) in [4.78, 5) is 9.28. The van der Waals surface area contributed by atoms with Crippen LogP contribution in [0.15, 0.2) is 60.9 Å². The first-order chi connectivity index (χ1) is 14.2. The molecule has 1 saturated heterocycles. The van der Waals surface area contributed by atoms with E-state index < -0.39 is 0 Å². The Morgan fingerprint density at radius 2 is 2.00 bits per heavy atom. The topological polar surface area (TPSA) is 19.4 Å². The molecule has 1 unspecified atom stereocenters. The molecule has 152 valence electrons. The van der Waals surface area contributed by atoms with Gasteiger partial charge in [-0.1, -0.05) is 30.3 Å². The second kappa shape index (κ2) is 9.47. The second-order valence-corrected chi connectivity index (χ2v) is 8.40. The van der Waals surface area contributed by atoms with Crippen LogP contribution >= 0.6 is 0 Å². The van der Waals surface area contributed by atoms with Crippen molar-refractivity contribution in [1.29, 1.82) is 0 Å². The Bertz CT molecular complexity index is 920. The molecule has 4 rings (SSSR count). The van der Waals surface area contributed by atoms with Crippen molar-refractivity contribution in [2.75, 3.05) is 33.2 Å². The smallest absolute Gasteiger partial charge is 0.123 e. The van der Waals surface area contributed by atoms with E-state index in [1.165, 1.54) is 41.3 Å². The summed E-state index contributed by atoms with van der Waals surface area (Å²) in [5.41, 5.74) is 2.59. The highest BCUT2D eigenvalue weighted by atomic mass is 19.1. The van der Waals surface area contributed by atoms with E-state index in [9.17, 15) is 4.39 Å². The van der Waals surface area contributed by atoms with Gasteiger partial charge in [-0.05, 0) is 73.5 Å². The molecule has 0 radical (unpaired) electrons. The Morgan fingerprint density at radius 1 is 1.14 bits per heavy atom. The predicted octanol–water partition coefficient (Wildman–Crippen LogP) is 4.76. The largest absolute Gasteiger partial charge is 0.303 e. The highest BCUT2D eigenvalue weighted by molar-refractivity contribution is 5.84. The van der Waals surface area contributed by atoms with Crippen LogP contribution in [0.1, 0.15) is 24.0 Å². The van der Waals surface area contributed by atoms with Crippen molar-refractivity contribution in [3.63, 3.8) is 0 Å². The summed E-state index contributed by atoms with van der Waals surface area (Å²) in [6.45, 7) is 5.48. The van der Waals surface area contributed by atoms with E-state index in [-0.39, 0.29) is 5.82 Å². The van der Waals surface area contributed by atoms with Crippen molar-refractivity contribution in [3.05, 3.63) is 77.9 Å². The molecule has 29 heavy (non-hydrogen) atoms. The summed E-state index contributed by atoms with van der Waals surface area (Å²) in [5, 5.41) is 2.52. The zero-order chi connectivity index (χ0) is 20.1. The number of rotatable bonds is 7. The molecule has 1 aliphatic rings. The molecule has 1 aliphatic heterocycles. The monoisotopic (exact) mass is 391 g/mol. The van der Waals surface area contributed by atoms with Gasteiger partial charge in [0, 0.05) is 44.0 Å². The van der Waals surface area contributed by atoms with Crippen molar-refractivity contribution >= 4 is 10.8 Å². The quantitative estimate of drug-likeness (QED) is 0.579. The summed E-state index contributed by atoms with van der Waals surface area (Å²) in [5.74, 6) is 0.552. The summed E-state index contributed by atoms with van der Waals surface area (Å²) in [7, 11) is 2.23. The van der Waals surface area contributed by atoms with Gasteiger partial charge < -0.3 is 9.80 Å². The molecular formula is C25H30FN3. The minimum Gasteiger partial charge on any atom is -0.303 e. The van der Waals surface area contributed by atoms with Gasteiger partial charge in [0.05, 0.1) is 0 Å². The molecule has 3 nitrogen and oxygen atoms in total. The van der Waals surface area contributed by atoms with Gasteiger partial charge >= 0.3 is 0 Å². The van der Waals surface area contributed by atoms with E-state index in [0.717, 1.165) is 32.6 Å². The Hall–Kier alpha value is -2.30. The van der Waals surface area contributed by atoms with Crippen LogP contribution in [0.25, 0.3) is 10.8 Å². The number of hydrogen-bond donors (Lipinski definition) is 0. The van der Waals surface area contributed by atoms with Crippen molar-refractivity contribution in [1.82, 2.24) is 14.8 Å². The third kappa shape index (κ3) is 5.40. The first-order valence-corrected chi connectivity index (χ1v) is 10.6. The maximum Gasteiger partial charge on any atom is 0.123 e. The van der Waals surface area contributed by atoms with Gasteiger partial charge in [0.2, 0.25) is 0 Å². The summed E-state index contributed by atoms with van der Waals surface area (Å²) < 4.78 is 13.1. The normalized spacial score (nSPS) is 17.8. The maximum absolute atomic E-state index is 13.1. The highest BCUT2D eigenvalue weighted by Crippen LogP contribution is 2.21. The number of pyridine rings is 1. The van der Waals surface area contributed by atoms with E-state index in [0.29, 0.717) is 5.92 Å². The number of aromatic nitrogens is 1. The molecule has 0 amide bonds. The molecule has 0 aliphatic carbocycles. The molecule has 3 aromatic rings. The molecule has 0 bridgehead atoms. The number of benzene rings is 2. The zero-order valence-electron chi connectivity index (χ0n) is 17.2. The predicted molar refractivity (Wildman–Crippen MR) is 117 cm³/mol. The van der Waals surface area contributed by atoms with Crippen molar-refractivity contribution in [3.8, 4) is 0 Å². The Kier molecular flexibility index (Phi) is 6.53.